The Hall–Kier alpha value is -2.49. The number of pyridine rings is 1. The first-order valence-corrected chi connectivity index (χ1v) is 10.6. The van der Waals surface area contributed by atoms with Gasteiger partial charge in [0.05, 0.1) is 19.1 Å². The highest BCUT2D eigenvalue weighted by atomic mass is 16.3. The second-order valence-corrected chi connectivity index (χ2v) is 8.69. The number of aliphatic hydroxyl groups excluding tert-OH is 1. The van der Waals surface area contributed by atoms with E-state index >= 15 is 0 Å². The van der Waals surface area contributed by atoms with E-state index in [9.17, 15) is 5.11 Å². The van der Waals surface area contributed by atoms with Gasteiger partial charge in [0.2, 0.25) is 0 Å². The topological polar surface area (TPSA) is 33.1 Å². The molecule has 1 aliphatic rings. The van der Waals surface area contributed by atoms with Crippen molar-refractivity contribution in [2.24, 2.45) is 5.92 Å². The highest BCUT2D eigenvalue weighted by Crippen LogP contribution is 2.39. The number of hydrogen-bond acceptors (Lipinski definition) is 2. The molecule has 3 heteroatoms. The molecule has 29 heavy (non-hydrogen) atoms. The van der Waals surface area contributed by atoms with Gasteiger partial charge in [-0.2, -0.15) is 0 Å². The van der Waals surface area contributed by atoms with Crippen molar-refractivity contribution in [3.8, 4) is 0 Å². The predicted octanol–water partition coefficient (Wildman–Crippen LogP) is 5.27. The SMILES string of the molecule is C=CCC1CC[N+](C)(Cc2ccccc2)C([C@H](O)c2ccnc3ccccc23)C1. The van der Waals surface area contributed by atoms with Crippen LogP contribution in [0.25, 0.3) is 10.9 Å². The van der Waals surface area contributed by atoms with Crippen molar-refractivity contribution in [2.75, 3.05) is 13.6 Å². The summed E-state index contributed by atoms with van der Waals surface area (Å²) in [5, 5.41) is 12.7. The van der Waals surface area contributed by atoms with E-state index in [2.05, 4.69) is 55.0 Å². The fraction of sp³-hybridized carbons (Fsp3) is 0.346. The average molecular weight is 388 g/mol. The molecule has 150 valence electrons. The maximum absolute atomic E-state index is 11.7. The van der Waals surface area contributed by atoms with E-state index < -0.39 is 6.10 Å². The summed E-state index contributed by atoms with van der Waals surface area (Å²) >= 11 is 0. The van der Waals surface area contributed by atoms with Gasteiger partial charge in [0.25, 0.3) is 0 Å². The third-order valence-corrected chi connectivity index (χ3v) is 6.68. The molecule has 1 saturated heterocycles. The molecule has 0 aliphatic carbocycles. The number of likely N-dealkylation sites (N-methyl/N-ethyl adjacent to an activating group) is 1. The number of fused-ring (bicyclic) bond motifs is 1. The van der Waals surface area contributed by atoms with Crippen LogP contribution in [-0.2, 0) is 6.54 Å². The third kappa shape index (κ3) is 4.12. The Morgan fingerprint density at radius 2 is 1.90 bits per heavy atom. The Morgan fingerprint density at radius 3 is 2.69 bits per heavy atom. The number of hydrogen-bond donors (Lipinski definition) is 1. The molecule has 3 aromatic rings. The summed E-state index contributed by atoms with van der Waals surface area (Å²) in [6.07, 6.45) is 6.54. The lowest BCUT2D eigenvalue weighted by Gasteiger charge is -2.49. The van der Waals surface area contributed by atoms with Gasteiger partial charge in [-0.05, 0) is 36.5 Å². The molecule has 0 radical (unpaired) electrons. The largest absolute Gasteiger partial charge is 0.382 e. The summed E-state index contributed by atoms with van der Waals surface area (Å²) in [4.78, 5) is 4.49. The first-order chi connectivity index (χ1) is 14.1. The van der Waals surface area contributed by atoms with E-state index in [-0.39, 0.29) is 6.04 Å². The number of quaternary nitrogens is 1. The number of aliphatic hydroxyl groups is 1. The van der Waals surface area contributed by atoms with Gasteiger partial charge in [0, 0.05) is 23.6 Å². The highest BCUT2D eigenvalue weighted by Gasteiger charge is 2.44. The maximum atomic E-state index is 11.7. The molecule has 1 N–H and O–H groups in total. The van der Waals surface area contributed by atoms with Crippen LogP contribution in [0, 0.1) is 5.92 Å². The van der Waals surface area contributed by atoms with Crippen LogP contribution in [0.5, 0.6) is 0 Å². The zero-order valence-corrected chi connectivity index (χ0v) is 17.2. The first kappa shape index (κ1) is 19.8. The second kappa shape index (κ2) is 8.48. The van der Waals surface area contributed by atoms with Crippen molar-refractivity contribution < 1.29 is 9.59 Å². The molecule has 0 bridgehead atoms. The second-order valence-electron chi connectivity index (χ2n) is 8.69. The van der Waals surface area contributed by atoms with Crippen LogP contribution in [0.3, 0.4) is 0 Å². The van der Waals surface area contributed by atoms with Gasteiger partial charge >= 0.3 is 0 Å². The van der Waals surface area contributed by atoms with Crippen molar-refractivity contribution >= 4 is 10.9 Å². The van der Waals surface area contributed by atoms with Crippen molar-refractivity contribution in [2.45, 2.75) is 38.0 Å². The van der Waals surface area contributed by atoms with Crippen LogP contribution in [0.2, 0.25) is 0 Å². The zero-order chi connectivity index (χ0) is 20.3. The molecular formula is C26H31N2O+. The number of allylic oxidation sites excluding steroid dienone is 1. The standard InChI is InChI=1S/C26H31N2O/c1-3-9-20-15-17-28(2,19-21-10-5-4-6-11-21)25(18-20)26(29)23-14-16-27-24-13-8-7-12-22(23)24/h3-8,10-14,16,20,25-26,29H,1,9,15,17-19H2,2H3/q+1/t20?,25?,26-,28?/m1/s1. The van der Waals surface area contributed by atoms with Gasteiger partial charge in [0.1, 0.15) is 18.7 Å². The monoisotopic (exact) mass is 387 g/mol. The Balaban J connectivity index is 1.71. The number of benzene rings is 2. The molecule has 1 aliphatic heterocycles. The van der Waals surface area contributed by atoms with Gasteiger partial charge < -0.3 is 9.59 Å². The third-order valence-electron chi connectivity index (χ3n) is 6.68. The molecule has 1 fully saturated rings. The minimum Gasteiger partial charge on any atom is -0.382 e. The molecule has 0 spiro atoms. The Bertz CT molecular complexity index is 965. The summed E-state index contributed by atoms with van der Waals surface area (Å²) in [5.74, 6) is 0.585. The molecule has 4 rings (SSSR count). The molecular weight excluding hydrogens is 356 g/mol. The van der Waals surface area contributed by atoms with Crippen molar-refractivity contribution in [3.63, 3.8) is 0 Å². The average Bonchev–Trinajstić information content (AvgIpc) is 2.75. The minimum absolute atomic E-state index is 0.139. The Labute approximate surface area is 173 Å². The van der Waals surface area contributed by atoms with Crippen molar-refractivity contribution in [3.05, 3.63) is 90.6 Å². The van der Waals surface area contributed by atoms with Crippen LogP contribution >= 0.6 is 0 Å². The van der Waals surface area contributed by atoms with E-state index in [0.717, 1.165) is 46.9 Å². The molecule has 3 nitrogen and oxygen atoms in total. The van der Waals surface area contributed by atoms with Gasteiger partial charge in [-0.3, -0.25) is 4.98 Å². The summed E-state index contributed by atoms with van der Waals surface area (Å²) in [7, 11) is 2.31. The minimum atomic E-state index is -0.524. The maximum Gasteiger partial charge on any atom is 0.131 e. The Kier molecular flexibility index (Phi) is 5.79. The summed E-state index contributed by atoms with van der Waals surface area (Å²) in [5.41, 5.74) is 3.27. The van der Waals surface area contributed by atoms with E-state index in [1.54, 1.807) is 0 Å². The van der Waals surface area contributed by atoms with Crippen LogP contribution in [0.15, 0.2) is 79.5 Å². The molecule has 0 saturated carbocycles. The van der Waals surface area contributed by atoms with Gasteiger partial charge in [-0.25, -0.2) is 0 Å². The fourth-order valence-corrected chi connectivity index (χ4v) is 5.06. The lowest BCUT2D eigenvalue weighted by molar-refractivity contribution is -0.956. The number of likely N-dealkylation sites (tertiary alicyclic amines) is 1. The lowest BCUT2D eigenvalue weighted by Crippen LogP contribution is -2.58. The summed E-state index contributed by atoms with van der Waals surface area (Å²) in [6.45, 7) is 5.96. The molecule has 2 aromatic carbocycles. The van der Waals surface area contributed by atoms with Crippen LogP contribution in [0.4, 0.5) is 0 Å². The summed E-state index contributed by atoms with van der Waals surface area (Å²) in [6, 6.07) is 20.9. The normalized spacial score (nSPS) is 25.6. The molecule has 3 unspecified atom stereocenters. The predicted molar refractivity (Wildman–Crippen MR) is 119 cm³/mol. The first-order valence-electron chi connectivity index (χ1n) is 10.6. The van der Waals surface area contributed by atoms with E-state index in [1.807, 2.05) is 36.5 Å². The number of rotatable bonds is 6. The van der Waals surface area contributed by atoms with Crippen molar-refractivity contribution in [1.29, 1.82) is 0 Å². The van der Waals surface area contributed by atoms with Crippen LogP contribution < -0.4 is 0 Å². The van der Waals surface area contributed by atoms with E-state index in [1.165, 1.54) is 12.0 Å². The molecule has 2 heterocycles. The lowest BCUT2D eigenvalue weighted by atomic mass is 9.81. The molecule has 4 atom stereocenters. The molecule has 1 aromatic heterocycles. The van der Waals surface area contributed by atoms with Gasteiger partial charge in [0.15, 0.2) is 0 Å². The van der Waals surface area contributed by atoms with Crippen LogP contribution in [-0.4, -0.2) is 34.2 Å². The smallest absolute Gasteiger partial charge is 0.131 e. The highest BCUT2D eigenvalue weighted by molar-refractivity contribution is 5.82. The van der Waals surface area contributed by atoms with Crippen molar-refractivity contribution in [1.82, 2.24) is 4.98 Å². The van der Waals surface area contributed by atoms with E-state index in [4.69, 9.17) is 0 Å². The van der Waals surface area contributed by atoms with Crippen LogP contribution in [0.1, 0.15) is 36.5 Å². The van der Waals surface area contributed by atoms with Gasteiger partial charge in [-0.15, -0.1) is 6.58 Å². The quantitative estimate of drug-likeness (QED) is 0.462. The van der Waals surface area contributed by atoms with Gasteiger partial charge in [-0.1, -0.05) is 54.6 Å². The number of piperidine rings is 1. The number of para-hydroxylation sites is 1. The molecule has 0 amide bonds. The Morgan fingerprint density at radius 1 is 1.14 bits per heavy atom. The number of nitrogens with zero attached hydrogens (tertiary/aromatic N) is 2. The fourth-order valence-electron chi connectivity index (χ4n) is 5.06. The van der Waals surface area contributed by atoms with E-state index in [0.29, 0.717) is 5.92 Å². The summed E-state index contributed by atoms with van der Waals surface area (Å²) < 4.78 is 0.857. The number of aromatic nitrogens is 1. The zero-order valence-electron chi connectivity index (χ0n) is 17.2.